The minimum atomic E-state index is -0.392. The molecular formula is C20H34O4. The maximum absolute atomic E-state index is 5.70. The summed E-state index contributed by atoms with van der Waals surface area (Å²) in [7, 11) is 0. The fourth-order valence-corrected chi connectivity index (χ4v) is 3.17. The Bertz CT molecular complexity index is 399. The van der Waals surface area contributed by atoms with Gasteiger partial charge in [0.05, 0.1) is 26.4 Å². The summed E-state index contributed by atoms with van der Waals surface area (Å²) in [5.74, 6) is -0.783. The molecule has 138 valence electrons. The lowest BCUT2D eigenvalue weighted by molar-refractivity contribution is -0.146. The summed E-state index contributed by atoms with van der Waals surface area (Å²) in [5, 5.41) is 0. The van der Waals surface area contributed by atoms with E-state index in [2.05, 4.69) is 26.0 Å². The molecule has 0 bridgehead atoms. The van der Waals surface area contributed by atoms with E-state index in [1.54, 1.807) is 0 Å². The molecule has 2 aliphatic heterocycles. The molecule has 4 nitrogen and oxygen atoms in total. The van der Waals surface area contributed by atoms with Crippen LogP contribution in [0.5, 0.6) is 0 Å². The molecule has 24 heavy (non-hydrogen) atoms. The van der Waals surface area contributed by atoms with Crippen LogP contribution in [0.3, 0.4) is 0 Å². The van der Waals surface area contributed by atoms with Gasteiger partial charge in [0, 0.05) is 12.8 Å². The lowest BCUT2D eigenvalue weighted by atomic mass is 10.00. The number of ether oxygens (including phenoxy) is 4. The Labute approximate surface area is 147 Å². The van der Waals surface area contributed by atoms with Gasteiger partial charge in [-0.05, 0) is 39.5 Å². The molecule has 0 aromatic rings. The fraction of sp³-hybridized carbons (Fsp3) is 0.800. The zero-order valence-corrected chi connectivity index (χ0v) is 15.9. The highest BCUT2D eigenvalue weighted by atomic mass is 16.7. The summed E-state index contributed by atoms with van der Waals surface area (Å²) in [5.41, 5.74) is 2.89. The second-order valence-corrected chi connectivity index (χ2v) is 7.02. The van der Waals surface area contributed by atoms with Gasteiger partial charge < -0.3 is 18.9 Å². The Morgan fingerprint density at radius 1 is 0.708 bits per heavy atom. The van der Waals surface area contributed by atoms with Crippen molar-refractivity contribution < 1.29 is 18.9 Å². The zero-order valence-electron chi connectivity index (χ0n) is 15.9. The third-order valence-corrected chi connectivity index (χ3v) is 5.06. The molecule has 0 atom stereocenters. The van der Waals surface area contributed by atoms with Crippen LogP contribution in [0, 0.1) is 0 Å². The van der Waals surface area contributed by atoms with Crippen molar-refractivity contribution >= 4 is 0 Å². The third-order valence-electron chi connectivity index (χ3n) is 5.06. The third kappa shape index (κ3) is 5.99. The second kappa shape index (κ2) is 9.14. The Morgan fingerprint density at radius 3 is 1.33 bits per heavy atom. The van der Waals surface area contributed by atoms with Crippen LogP contribution in [0.15, 0.2) is 23.3 Å². The van der Waals surface area contributed by atoms with Gasteiger partial charge in [-0.3, -0.25) is 0 Å². The predicted octanol–water partition coefficient (Wildman–Crippen LogP) is 4.75. The molecule has 4 heteroatoms. The van der Waals surface area contributed by atoms with E-state index >= 15 is 0 Å². The lowest BCUT2D eigenvalue weighted by Crippen LogP contribution is -2.25. The molecule has 0 N–H and O–H groups in total. The molecule has 2 saturated heterocycles. The van der Waals surface area contributed by atoms with Gasteiger partial charge in [0.25, 0.3) is 0 Å². The Kier molecular flexibility index (Phi) is 7.48. The van der Waals surface area contributed by atoms with Crippen LogP contribution in [0.4, 0.5) is 0 Å². The molecule has 2 rings (SSSR count). The molecule has 2 fully saturated rings. The molecule has 2 aliphatic rings. The van der Waals surface area contributed by atoms with Crippen LogP contribution in [-0.4, -0.2) is 38.0 Å². The molecule has 0 aromatic carbocycles. The molecule has 2 heterocycles. The minimum Gasteiger partial charge on any atom is -0.348 e. The van der Waals surface area contributed by atoms with E-state index in [1.807, 2.05) is 13.8 Å². The first-order chi connectivity index (χ1) is 11.5. The van der Waals surface area contributed by atoms with Crippen molar-refractivity contribution in [3.05, 3.63) is 23.3 Å². The maximum Gasteiger partial charge on any atom is 0.166 e. The van der Waals surface area contributed by atoms with E-state index in [9.17, 15) is 0 Å². The molecule has 0 aromatic heterocycles. The second-order valence-electron chi connectivity index (χ2n) is 7.02. The number of hydrogen-bond donors (Lipinski definition) is 0. The highest BCUT2D eigenvalue weighted by Gasteiger charge is 2.31. The quantitative estimate of drug-likeness (QED) is 0.569. The Balaban J connectivity index is 1.85. The van der Waals surface area contributed by atoms with Crippen LogP contribution in [0.1, 0.15) is 66.2 Å². The number of allylic oxidation sites excluding steroid dienone is 4. The van der Waals surface area contributed by atoms with E-state index in [0.717, 1.165) is 38.5 Å². The van der Waals surface area contributed by atoms with Crippen LogP contribution in [0.25, 0.3) is 0 Å². The van der Waals surface area contributed by atoms with Gasteiger partial charge in [-0.15, -0.1) is 0 Å². The van der Waals surface area contributed by atoms with Crippen molar-refractivity contribution in [2.75, 3.05) is 26.4 Å². The Morgan fingerprint density at radius 2 is 1.04 bits per heavy atom. The summed E-state index contributed by atoms with van der Waals surface area (Å²) >= 11 is 0. The molecule has 0 unspecified atom stereocenters. The smallest absolute Gasteiger partial charge is 0.166 e. The maximum atomic E-state index is 5.70. The van der Waals surface area contributed by atoms with E-state index in [0.29, 0.717) is 26.4 Å². The molecule has 0 aliphatic carbocycles. The van der Waals surface area contributed by atoms with Crippen molar-refractivity contribution in [3.63, 3.8) is 0 Å². The Hall–Kier alpha value is -0.680. The van der Waals surface area contributed by atoms with Crippen molar-refractivity contribution in [2.45, 2.75) is 77.8 Å². The van der Waals surface area contributed by atoms with E-state index < -0.39 is 11.6 Å². The van der Waals surface area contributed by atoms with E-state index in [1.165, 1.54) is 11.1 Å². The normalized spacial score (nSPS) is 23.8. The first kappa shape index (κ1) is 19.6. The SMILES string of the molecule is CC/C(=C\C=C(/CC)CCC1(C)OCCO1)CCC1(C)OCCO1. The van der Waals surface area contributed by atoms with Gasteiger partial charge in [-0.2, -0.15) is 0 Å². The van der Waals surface area contributed by atoms with Crippen molar-refractivity contribution in [2.24, 2.45) is 0 Å². The van der Waals surface area contributed by atoms with Gasteiger partial charge in [0.1, 0.15) is 0 Å². The highest BCUT2D eigenvalue weighted by molar-refractivity contribution is 5.18. The fourth-order valence-electron chi connectivity index (χ4n) is 3.17. The van der Waals surface area contributed by atoms with E-state index in [-0.39, 0.29) is 0 Å². The van der Waals surface area contributed by atoms with Crippen LogP contribution in [-0.2, 0) is 18.9 Å². The summed E-state index contributed by atoms with van der Waals surface area (Å²) in [6, 6.07) is 0. The summed E-state index contributed by atoms with van der Waals surface area (Å²) < 4.78 is 22.8. The summed E-state index contributed by atoms with van der Waals surface area (Å²) in [6.45, 7) is 11.4. The van der Waals surface area contributed by atoms with Crippen LogP contribution >= 0.6 is 0 Å². The monoisotopic (exact) mass is 338 g/mol. The van der Waals surface area contributed by atoms with Gasteiger partial charge in [0.15, 0.2) is 11.6 Å². The summed E-state index contributed by atoms with van der Waals surface area (Å²) in [4.78, 5) is 0. The standard InChI is InChI=1S/C20H34O4/c1-5-17(9-11-19(3)21-13-14-22-19)7-8-18(6-2)10-12-20(4)23-15-16-24-20/h7-8H,5-6,9-16H2,1-4H3/b17-7+,18-8+. The average Bonchev–Trinajstić information content (AvgIpc) is 3.20. The first-order valence-corrected chi connectivity index (χ1v) is 9.42. The molecular weight excluding hydrogens is 304 g/mol. The number of hydrogen-bond acceptors (Lipinski definition) is 4. The van der Waals surface area contributed by atoms with Crippen LogP contribution in [0.2, 0.25) is 0 Å². The zero-order chi connectivity index (χ0) is 17.5. The topological polar surface area (TPSA) is 36.9 Å². The molecule has 0 radical (unpaired) electrons. The lowest BCUT2D eigenvalue weighted by Gasteiger charge is -2.23. The van der Waals surface area contributed by atoms with Crippen molar-refractivity contribution in [1.29, 1.82) is 0 Å². The number of rotatable bonds is 9. The predicted molar refractivity (Wildman–Crippen MR) is 95.8 cm³/mol. The van der Waals surface area contributed by atoms with Crippen LogP contribution < -0.4 is 0 Å². The highest BCUT2D eigenvalue weighted by Crippen LogP contribution is 2.28. The largest absolute Gasteiger partial charge is 0.348 e. The van der Waals surface area contributed by atoms with Gasteiger partial charge in [-0.25, -0.2) is 0 Å². The minimum absolute atomic E-state index is 0.392. The molecule has 0 saturated carbocycles. The molecule has 0 spiro atoms. The first-order valence-electron chi connectivity index (χ1n) is 9.42. The molecule has 0 amide bonds. The van der Waals surface area contributed by atoms with Crippen molar-refractivity contribution in [3.8, 4) is 0 Å². The average molecular weight is 338 g/mol. The van der Waals surface area contributed by atoms with E-state index in [4.69, 9.17) is 18.9 Å². The van der Waals surface area contributed by atoms with Gasteiger partial charge in [0.2, 0.25) is 0 Å². The van der Waals surface area contributed by atoms with Gasteiger partial charge in [-0.1, -0.05) is 37.1 Å². The van der Waals surface area contributed by atoms with Gasteiger partial charge >= 0.3 is 0 Å². The summed E-state index contributed by atoms with van der Waals surface area (Å²) in [6.07, 6.45) is 10.6. The van der Waals surface area contributed by atoms with Crippen molar-refractivity contribution in [1.82, 2.24) is 0 Å².